The lowest BCUT2D eigenvalue weighted by Gasteiger charge is -2.09. The summed E-state index contributed by atoms with van der Waals surface area (Å²) >= 11 is 0. The zero-order chi connectivity index (χ0) is 14.5. The fraction of sp³-hybridized carbons (Fsp3) is 0.357. The number of rotatable bonds is 6. The molecule has 1 N–H and O–H groups in total. The maximum absolute atomic E-state index is 10.6. The molecule has 2 aromatic rings. The van der Waals surface area contributed by atoms with E-state index in [0.29, 0.717) is 5.69 Å². The second-order valence-corrected chi connectivity index (χ2v) is 4.94. The first-order valence-corrected chi connectivity index (χ1v) is 6.41. The minimum atomic E-state index is -0.906. The minimum absolute atomic E-state index is 0.110. The van der Waals surface area contributed by atoms with Crippen LogP contribution in [0.15, 0.2) is 30.5 Å². The Labute approximate surface area is 117 Å². The molecule has 0 atom stereocenters. The number of carboxylic acids is 1. The molecule has 0 amide bonds. The standard InChI is InChI=1S/C14H18N4O2/c1-17(2)8-7-11-3-5-13(6-4-11)18-10-12(15-16-18)9-14(19)20/h3-6,10H,7-9H2,1-2H3,(H,19,20). The van der Waals surface area contributed by atoms with Gasteiger partial charge in [0, 0.05) is 6.54 Å². The number of aromatic nitrogens is 3. The number of benzene rings is 1. The van der Waals surface area contributed by atoms with E-state index in [0.717, 1.165) is 18.7 Å². The third-order valence-corrected chi connectivity index (χ3v) is 2.92. The number of hydrogen-bond donors (Lipinski definition) is 1. The summed E-state index contributed by atoms with van der Waals surface area (Å²) in [4.78, 5) is 12.7. The van der Waals surface area contributed by atoms with E-state index >= 15 is 0 Å². The molecule has 0 fully saturated rings. The fourth-order valence-electron chi connectivity index (χ4n) is 1.83. The van der Waals surface area contributed by atoms with Crippen LogP contribution in [0.3, 0.4) is 0 Å². The molecule has 1 aromatic heterocycles. The molecule has 0 saturated carbocycles. The van der Waals surface area contributed by atoms with Crippen LogP contribution in [0.2, 0.25) is 0 Å². The molecule has 0 unspecified atom stereocenters. The maximum atomic E-state index is 10.6. The van der Waals surface area contributed by atoms with Gasteiger partial charge in [-0.3, -0.25) is 4.79 Å². The van der Waals surface area contributed by atoms with Crippen molar-refractivity contribution in [2.75, 3.05) is 20.6 Å². The van der Waals surface area contributed by atoms with Gasteiger partial charge in [0.15, 0.2) is 0 Å². The summed E-state index contributed by atoms with van der Waals surface area (Å²) in [7, 11) is 4.10. The lowest BCUT2D eigenvalue weighted by Crippen LogP contribution is -2.15. The lowest BCUT2D eigenvalue weighted by molar-refractivity contribution is -0.136. The highest BCUT2D eigenvalue weighted by Gasteiger charge is 2.06. The zero-order valence-electron chi connectivity index (χ0n) is 11.7. The van der Waals surface area contributed by atoms with Crippen molar-refractivity contribution in [1.29, 1.82) is 0 Å². The second-order valence-electron chi connectivity index (χ2n) is 4.94. The van der Waals surface area contributed by atoms with Gasteiger partial charge in [-0.2, -0.15) is 0 Å². The van der Waals surface area contributed by atoms with E-state index in [4.69, 9.17) is 5.11 Å². The topological polar surface area (TPSA) is 71.2 Å². The van der Waals surface area contributed by atoms with Gasteiger partial charge in [-0.05, 0) is 38.2 Å². The number of nitrogens with zero attached hydrogens (tertiary/aromatic N) is 4. The summed E-state index contributed by atoms with van der Waals surface area (Å²) in [6, 6.07) is 8.03. The van der Waals surface area contributed by atoms with Crippen LogP contribution in [0.5, 0.6) is 0 Å². The van der Waals surface area contributed by atoms with Gasteiger partial charge in [0.1, 0.15) is 0 Å². The van der Waals surface area contributed by atoms with E-state index < -0.39 is 5.97 Å². The Morgan fingerprint density at radius 3 is 2.60 bits per heavy atom. The van der Waals surface area contributed by atoms with Crippen molar-refractivity contribution in [3.63, 3.8) is 0 Å². The normalized spacial score (nSPS) is 10.9. The van der Waals surface area contributed by atoms with Crippen molar-refractivity contribution in [2.45, 2.75) is 12.8 Å². The number of hydrogen-bond acceptors (Lipinski definition) is 4. The summed E-state index contributed by atoms with van der Waals surface area (Å²) in [5.41, 5.74) is 2.59. The number of carbonyl (C=O) groups is 1. The summed E-state index contributed by atoms with van der Waals surface area (Å²) in [6.07, 6.45) is 2.53. The van der Waals surface area contributed by atoms with Gasteiger partial charge >= 0.3 is 5.97 Å². The van der Waals surface area contributed by atoms with E-state index in [1.807, 2.05) is 26.2 Å². The summed E-state index contributed by atoms with van der Waals surface area (Å²) in [5, 5.41) is 16.5. The van der Waals surface area contributed by atoms with E-state index in [9.17, 15) is 4.79 Å². The summed E-state index contributed by atoms with van der Waals surface area (Å²) in [6.45, 7) is 1.01. The molecule has 6 heteroatoms. The summed E-state index contributed by atoms with van der Waals surface area (Å²) < 4.78 is 1.59. The first-order chi connectivity index (χ1) is 9.54. The summed E-state index contributed by atoms with van der Waals surface area (Å²) in [5.74, 6) is -0.906. The largest absolute Gasteiger partial charge is 0.481 e. The molecule has 0 aliphatic carbocycles. The maximum Gasteiger partial charge on any atom is 0.309 e. The van der Waals surface area contributed by atoms with Gasteiger partial charge in [-0.15, -0.1) is 5.10 Å². The van der Waals surface area contributed by atoms with Crippen LogP contribution in [-0.4, -0.2) is 51.6 Å². The first kappa shape index (κ1) is 14.2. The Hall–Kier alpha value is -2.21. The SMILES string of the molecule is CN(C)CCc1ccc(-n2cc(CC(=O)O)nn2)cc1. The molecule has 20 heavy (non-hydrogen) atoms. The molecule has 0 spiro atoms. The minimum Gasteiger partial charge on any atom is -0.481 e. The van der Waals surface area contributed by atoms with Crippen LogP contribution in [0.4, 0.5) is 0 Å². The van der Waals surface area contributed by atoms with Crippen molar-refractivity contribution in [3.05, 3.63) is 41.7 Å². The van der Waals surface area contributed by atoms with Crippen molar-refractivity contribution in [1.82, 2.24) is 19.9 Å². The van der Waals surface area contributed by atoms with E-state index in [-0.39, 0.29) is 6.42 Å². The third-order valence-electron chi connectivity index (χ3n) is 2.92. The predicted octanol–water partition coefficient (Wildman–Crippen LogP) is 0.998. The Bertz CT molecular complexity index is 575. The van der Waals surface area contributed by atoms with Crippen LogP contribution < -0.4 is 0 Å². The molecular weight excluding hydrogens is 256 g/mol. The lowest BCUT2D eigenvalue weighted by atomic mass is 10.1. The average molecular weight is 274 g/mol. The van der Waals surface area contributed by atoms with Gasteiger partial charge in [0.05, 0.1) is 24.0 Å². The smallest absolute Gasteiger partial charge is 0.309 e. The van der Waals surface area contributed by atoms with Crippen LogP contribution in [-0.2, 0) is 17.6 Å². The molecule has 0 aliphatic heterocycles. The van der Waals surface area contributed by atoms with Gasteiger partial charge in [0.25, 0.3) is 0 Å². The molecular formula is C14H18N4O2. The van der Waals surface area contributed by atoms with Crippen molar-refractivity contribution in [3.8, 4) is 5.69 Å². The van der Waals surface area contributed by atoms with Gasteiger partial charge in [-0.25, -0.2) is 4.68 Å². The predicted molar refractivity (Wildman–Crippen MR) is 75.0 cm³/mol. The fourth-order valence-corrected chi connectivity index (χ4v) is 1.83. The van der Waals surface area contributed by atoms with E-state index in [1.54, 1.807) is 10.9 Å². The Morgan fingerprint density at radius 2 is 2.00 bits per heavy atom. The molecule has 0 bridgehead atoms. The monoisotopic (exact) mass is 274 g/mol. The average Bonchev–Trinajstić information content (AvgIpc) is 2.84. The highest BCUT2D eigenvalue weighted by Crippen LogP contribution is 2.10. The molecule has 0 saturated heterocycles. The van der Waals surface area contributed by atoms with Crippen molar-refractivity contribution < 1.29 is 9.90 Å². The van der Waals surface area contributed by atoms with Gasteiger partial charge in [-0.1, -0.05) is 17.3 Å². The quantitative estimate of drug-likeness (QED) is 0.851. The molecule has 0 aliphatic rings. The number of aliphatic carboxylic acids is 1. The molecule has 2 rings (SSSR count). The second kappa shape index (κ2) is 6.29. The molecule has 1 aromatic carbocycles. The highest BCUT2D eigenvalue weighted by atomic mass is 16.4. The van der Waals surface area contributed by atoms with Gasteiger partial charge in [0.2, 0.25) is 0 Å². The van der Waals surface area contributed by atoms with Crippen LogP contribution >= 0.6 is 0 Å². The molecule has 106 valence electrons. The van der Waals surface area contributed by atoms with Gasteiger partial charge < -0.3 is 10.0 Å². The third kappa shape index (κ3) is 3.89. The van der Waals surface area contributed by atoms with Crippen LogP contribution in [0.1, 0.15) is 11.3 Å². The van der Waals surface area contributed by atoms with Crippen LogP contribution in [0.25, 0.3) is 5.69 Å². The Kier molecular flexibility index (Phi) is 4.47. The molecule has 1 heterocycles. The highest BCUT2D eigenvalue weighted by molar-refractivity contribution is 5.69. The van der Waals surface area contributed by atoms with Crippen molar-refractivity contribution >= 4 is 5.97 Å². The number of carboxylic acid groups (broad SMARTS) is 1. The number of likely N-dealkylation sites (N-methyl/N-ethyl adjacent to an activating group) is 1. The Balaban J connectivity index is 2.05. The first-order valence-electron chi connectivity index (χ1n) is 6.41. The van der Waals surface area contributed by atoms with E-state index in [2.05, 4.69) is 27.3 Å². The molecule has 6 nitrogen and oxygen atoms in total. The van der Waals surface area contributed by atoms with Crippen molar-refractivity contribution in [2.24, 2.45) is 0 Å². The Morgan fingerprint density at radius 1 is 1.30 bits per heavy atom. The van der Waals surface area contributed by atoms with Crippen LogP contribution in [0, 0.1) is 0 Å². The zero-order valence-corrected chi connectivity index (χ0v) is 11.7. The molecule has 0 radical (unpaired) electrons. The van der Waals surface area contributed by atoms with E-state index in [1.165, 1.54) is 5.56 Å².